The van der Waals surface area contributed by atoms with E-state index >= 15 is 0 Å². The number of esters is 1. The molecule has 0 saturated heterocycles. The summed E-state index contributed by atoms with van der Waals surface area (Å²) in [6.45, 7) is 5.89. The van der Waals surface area contributed by atoms with Gasteiger partial charge in [-0.3, -0.25) is 9.89 Å². The van der Waals surface area contributed by atoms with Crippen molar-refractivity contribution in [3.8, 4) is 22.6 Å². The lowest BCUT2D eigenvalue weighted by Gasteiger charge is -2.17. The molecule has 0 aliphatic rings. The van der Waals surface area contributed by atoms with Crippen LogP contribution in [0.1, 0.15) is 53.2 Å². The number of methoxy groups -OCH3 is 3. The number of ether oxygens (including phenoxy) is 3. The Morgan fingerprint density at radius 3 is 2.44 bits per heavy atom. The van der Waals surface area contributed by atoms with Crippen LogP contribution in [0, 0.1) is 0 Å². The highest BCUT2D eigenvalue weighted by Gasteiger charge is 2.20. The molecule has 170 valence electrons. The second-order valence-corrected chi connectivity index (χ2v) is 6.54. The summed E-state index contributed by atoms with van der Waals surface area (Å²) in [6, 6.07) is 12.3. The van der Waals surface area contributed by atoms with Crippen LogP contribution in [0.15, 0.2) is 48.7 Å². The van der Waals surface area contributed by atoms with Crippen LogP contribution in [0.3, 0.4) is 0 Å². The Kier molecular flexibility index (Phi) is 8.83. The van der Waals surface area contributed by atoms with Crippen LogP contribution in [-0.2, 0) is 4.74 Å². The van der Waals surface area contributed by atoms with Crippen molar-refractivity contribution in [2.75, 3.05) is 21.3 Å². The van der Waals surface area contributed by atoms with Crippen LogP contribution in [0.5, 0.6) is 11.5 Å². The van der Waals surface area contributed by atoms with Crippen LogP contribution in [-0.4, -0.2) is 43.4 Å². The first-order chi connectivity index (χ1) is 15.5. The maximum Gasteiger partial charge on any atom is 0.356 e. The van der Waals surface area contributed by atoms with Gasteiger partial charge >= 0.3 is 5.97 Å². The fraction of sp³-hybridized carbons (Fsp3) is 0.292. The first-order valence-corrected chi connectivity index (χ1v) is 10.2. The van der Waals surface area contributed by atoms with E-state index in [1.54, 1.807) is 25.3 Å². The van der Waals surface area contributed by atoms with Crippen molar-refractivity contribution in [3.05, 3.63) is 65.5 Å². The highest BCUT2D eigenvalue weighted by molar-refractivity contribution is 5.99. The quantitative estimate of drug-likeness (QED) is 0.529. The van der Waals surface area contributed by atoms with Crippen molar-refractivity contribution < 1.29 is 23.8 Å². The fourth-order valence-electron chi connectivity index (χ4n) is 3.08. The second kappa shape index (κ2) is 11.5. The predicted octanol–water partition coefficient (Wildman–Crippen LogP) is 4.40. The van der Waals surface area contributed by atoms with E-state index in [0.717, 1.165) is 11.3 Å². The highest BCUT2D eigenvalue weighted by Crippen LogP contribution is 2.29. The molecule has 3 aromatic rings. The smallest absolute Gasteiger partial charge is 0.356 e. The van der Waals surface area contributed by atoms with Gasteiger partial charge < -0.3 is 19.5 Å². The molecule has 2 aromatic carbocycles. The van der Waals surface area contributed by atoms with Gasteiger partial charge in [0.1, 0.15) is 11.5 Å². The van der Waals surface area contributed by atoms with E-state index in [1.807, 2.05) is 45.0 Å². The lowest BCUT2D eigenvalue weighted by molar-refractivity contribution is 0.0594. The minimum absolute atomic E-state index is 0.225. The molecule has 0 bridgehead atoms. The largest absolute Gasteiger partial charge is 0.497 e. The number of aromatic amines is 1. The van der Waals surface area contributed by atoms with Gasteiger partial charge in [-0.2, -0.15) is 5.10 Å². The van der Waals surface area contributed by atoms with Crippen LogP contribution in [0.2, 0.25) is 0 Å². The first kappa shape index (κ1) is 24.5. The third-order valence-corrected chi connectivity index (χ3v) is 4.73. The molecule has 1 heterocycles. The zero-order valence-electron chi connectivity index (χ0n) is 19.2. The highest BCUT2D eigenvalue weighted by atomic mass is 16.5. The zero-order valence-corrected chi connectivity index (χ0v) is 19.2. The molecule has 0 radical (unpaired) electrons. The summed E-state index contributed by atoms with van der Waals surface area (Å²) in [7, 11) is 4.38. The average Bonchev–Trinajstić information content (AvgIpc) is 3.34. The monoisotopic (exact) mass is 439 g/mol. The number of nitrogens with zero attached hydrogens (tertiary/aromatic N) is 1. The second-order valence-electron chi connectivity index (χ2n) is 6.54. The number of carbonyl (C=O) groups excluding carboxylic acids is 2. The molecule has 0 saturated carbocycles. The lowest BCUT2D eigenvalue weighted by Crippen LogP contribution is -2.27. The number of benzene rings is 2. The molecule has 1 unspecified atom stereocenters. The summed E-state index contributed by atoms with van der Waals surface area (Å²) in [5, 5.41) is 9.50. The van der Waals surface area contributed by atoms with Gasteiger partial charge in [-0.15, -0.1) is 0 Å². The van der Waals surface area contributed by atoms with Crippen molar-refractivity contribution >= 4 is 11.9 Å². The van der Waals surface area contributed by atoms with E-state index < -0.39 is 5.97 Å². The molecule has 8 nitrogen and oxygen atoms in total. The minimum Gasteiger partial charge on any atom is -0.497 e. The molecule has 1 amide bonds. The molecule has 0 fully saturated rings. The Morgan fingerprint density at radius 2 is 1.78 bits per heavy atom. The van der Waals surface area contributed by atoms with Gasteiger partial charge in [0.15, 0.2) is 5.69 Å². The van der Waals surface area contributed by atoms with Crippen LogP contribution in [0.4, 0.5) is 0 Å². The number of aromatic nitrogens is 2. The van der Waals surface area contributed by atoms with Crippen LogP contribution < -0.4 is 14.8 Å². The maximum atomic E-state index is 12.9. The maximum absolute atomic E-state index is 12.9. The number of amides is 1. The molecule has 1 atom stereocenters. The Bertz CT molecular complexity index is 1060. The van der Waals surface area contributed by atoms with Crippen molar-refractivity contribution in [1.82, 2.24) is 15.5 Å². The Hall–Kier alpha value is -3.81. The number of hydrogen-bond acceptors (Lipinski definition) is 6. The average molecular weight is 440 g/mol. The van der Waals surface area contributed by atoms with Crippen LogP contribution >= 0.6 is 0 Å². The molecule has 32 heavy (non-hydrogen) atoms. The standard InChI is InChI=1S/C22H23N3O5.C2H6/c1-13(14-6-5-7-16(10-14)28-2)24-21(26)17-9-8-15(11-19(17)29-3)18-12-23-25-20(18)22(27)30-4;1-2/h5-13H,1-4H3,(H,23,25)(H,24,26);1-2H3. The van der Waals surface area contributed by atoms with Gasteiger partial charge in [-0.05, 0) is 42.3 Å². The van der Waals surface area contributed by atoms with Crippen LogP contribution in [0.25, 0.3) is 11.1 Å². The van der Waals surface area contributed by atoms with Crippen molar-refractivity contribution in [3.63, 3.8) is 0 Å². The Labute approximate surface area is 187 Å². The van der Waals surface area contributed by atoms with Gasteiger partial charge in [0, 0.05) is 5.56 Å². The molecule has 0 spiro atoms. The van der Waals surface area contributed by atoms with E-state index in [0.29, 0.717) is 22.4 Å². The summed E-state index contributed by atoms with van der Waals surface area (Å²) in [5.74, 6) is 0.279. The Morgan fingerprint density at radius 1 is 1.03 bits per heavy atom. The van der Waals surface area contributed by atoms with E-state index in [2.05, 4.69) is 15.5 Å². The SMILES string of the molecule is CC.COC(=O)c1[nH]ncc1-c1ccc(C(=O)NC(C)c2cccc(OC)c2)c(OC)c1. The third-order valence-electron chi connectivity index (χ3n) is 4.73. The molecule has 0 aliphatic carbocycles. The summed E-state index contributed by atoms with van der Waals surface area (Å²) in [6.07, 6.45) is 1.52. The number of H-pyrrole nitrogens is 1. The fourth-order valence-corrected chi connectivity index (χ4v) is 3.08. The molecular formula is C24H29N3O5. The number of carbonyl (C=O) groups is 2. The summed E-state index contributed by atoms with van der Waals surface area (Å²) < 4.78 is 15.4. The van der Waals surface area contributed by atoms with Gasteiger partial charge in [0.25, 0.3) is 5.91 Å². The van der Waals surface area contributed by atoms with Gasteiger partial charge in [-0.25, -0.2) is 4.79 Å². The Balaban J connectivity index is 0.00000176. The normalized spacial score (nSPS) is 10.9. The molecule has 8 heteroatoms. The summed E-state index contributed by atoms with van der Waals surface area (Å²) in [4.78, 5) is 24.8. The van der Waals surface area contributed by atoms with Crippen molar-refractivity contribution in [1.29, 1.82) is 0 Å². The lowest BCUT2D eigenvalue weighted by atomic mass is 10.0. The van der Waals surface area contributed by atoms with Gasteiger partial charge in [0.05, 0.1) is 39.1 Å². The van der Waals surface area contributed by atoms with E-state index in [4.69, 9.17) is 14.2 Å². The molecule has 3 rings (SSSR count). The molecular weight excluding hydrogens is 410 g/mol. The molecule has 0 aliphatic heterocycles. The van der Waals surface area contributed by atoms with E-state index in [1.165, 1.54) is 20.4 Å². The third kappa shape index (κ3) is 5.46. The van der Waals surface area contributed by atoms with Gasteiger partial charge in [0.2, 0.25) is 0 Å². The predicted molar refractivity (Wildman–Crippen MR) is 122 cm³/mol. The summed E-state index contributed by atoms with van der Waals surface area (Å²) >= 11 is 0. The molecule has 1 aromatic heterocycles. The zero-order chi connectivity index (χ0) is 23.7. The van der Waals surface area contributed by atoms with Crippen molar-refractivity contribution in [2.45, 2.75) is 26.8 Å². The van der Waals surface area contributed by atoms with Crippen molar-refractivity contribution in [2.24, 2.45) is 0 Å². The van der Waals surface area contributed by atoms with Gasteiger partial charge in [-0.1, -0.05) is 32.0 Å². The number of hydrogen-bond donors (Lipinski definition) is 2. The van der Waals surface area contributed by atoms with E-state index in [9.17, 15) is 9.59 Å². The summed E-state index contributed by atoms with van der Waals surface area (Å²) in [5.41, 5.74) is 2.73. The number of nitrogens with one attached hydrogen (secondary N) is 2. The first-order valence-electron chi connectivity index (χ1n) is 10.2. The number of rotatable bonds is 7. The van der Waals surface area contributed by atoms with E-state index in [-0.39, 0.29) is 17.6 Å². The minimum atomic E-state index is -0.532. The topological polar surface area (TPSA) is 103 Å². The molecule has 2 N–H and O–H groups in total.